The maximum Gasteiger partial charge on any atom is 0.120 e. The van der Waals surface area contributed by atoms with Gasteiger partial charge >= 0.3 is 0 Å². The Morgan fingerprint density at radius 1 is 1.15 bits per heavy atom. The van der Waals surface area contributed by atoms with Gasteiger partial charge in [-0.1, -0.05) is 12.8 Å². The minimum Gasteiger partial charge on any atom is -0.463 e. The monoisotopic (exact) mass is 278 g/mol. The second kappa shape index (κ2) is 6.77. The van der Waals surface area contributed by atoms with Crippen molar-refractivity contribution in [1.29, 1.82) is 0 Å². The predicted molar refractivity (Wildman–Crippen MR) is 83.8 cm³/mol. The minimum absolute atomic E-state index is 0.129. The molecule has 1 aromatic heterocycles. The molecule has 0 unspecified atom stereocenters. The third-order valence-corrected chi connectivity index (χ3v) is 3.93. The van der Waals surface area contributed by atoms with Crippen LogP contribution in [-0.2, 0) is 13.1 Å². The molecule has 0 atom stereocenters. The zero-order valence-corrected chi connectivity index (χ0v) is 13.6. The number of nitrogens with one attached hydrogen (secondary N) is 1. The second-order valence-electron chi connectivity index (χ2n) is 7.11. The van der Waals surface area contributed by atoms with Crippen molar-refractivity contribution in [3.05, 3.63) is 23.2 Å². The summed E-state index contributed by atoms with van der Waals surface area (Å²) in [5.74, 6) is 2.21. The van der Waals surface area contributed by atoms with Crippen LogP contribution in [0, 0.1) is 6.92 Å². The first-order chi connectivity index (χ1) is 9.44. The maximum absolute atomic E-state index is 6.05. The third kappa shape index (κ3) is 4.95. The van der Waals surface area contributed by atoms with Crippen LogP contribution in [0.4, 0.5) is 0 Å². The van der Waals surface area contributed by atoms with E-state index in [2.05, 4.69) is 44.0 Å². The molecule has 1 aliphatic rings. The molecule has 0 bridgehead atoms. The van der Waals surface area contributed by atoms with E-state index in [4.69, 9.17) is 4.42 Å². The molecular formula is C17H30N2O. The molecule has 0 radical (unpaired) electrons. The number of hydrogen-bond donors (Lipinski definition) is 1. The second-order valence-corrected chi connectivity index (χ2v) is 7.11. The fourth-order valence-electron chi connectivity index (χ4n) is 2.70. The summed E-state index contributed by atoms with van der Waals surface area (Å²) < 4.78 is 6.05. The molecule has 2 rings (SSSR count). The highest BCUT2D eigenvalue weighted by atomic mass is 16.3. The van der Waals surface area contributed by atoms with E-state index in [0.29, 0.717) is 0 Å². The van der Waals surface area contributed by atoms with Gasteiger partial charge in [-0.05, 0) is 65.3 Å². The lowest BCUT2D eigenvalue weighted by molar-refractivity contribution is 0.248. The SMILES string of the molecule is Cc1cc(CN2CCCCCC2)oc1CNC(C)(C)C. The molecule has 20 heavy (non-hydrogen) atoms. The van der Waals surface area contributed by atoms with E-state index in [1.807, 2.05) is 0 Å². The number of aryl methyl sites for hydroxylation is 1. The van der Waals surface area contributed by atoms with Crippen molar-refractivity contribution in [2.24, 2.45) is 0 Å². The summed E-state index contributed by atoms with van der Waals surface area (Å²) in [5.41, 5.74) is 1.40. The van der Waals surface area contributed by atoms with Gasteiger partial charge in [-0.25, -0.2) is 0 Å². The predicted octanol–water partition coefficient (Wildman–Crippen LogP) is 3.85. The van der Waals surface area contributed by atoms with E-state index in [-0.39, 0.29) is 5.54 Å². The highest BCUT2D eigenvalue weighted by Gasteiger charge is 2.15. The van der Waals surface area contributed by atoms with Crippen LogP contribution in [0.25, 0.3) is 0 Å². The Morgan fingerprint density at radius 3 is 2.40 bits per heavy atom. The zero-order valence-electron chi connectivity index (χ0n) is 13.6. The summed E-state index contributed by atoms with van der Waals surface area (Å²) >= 11 is 0. The molecule has 0 aliphatic carbocycles. The normalized spacial score (nSPS) is 18.2. The standard InChI is InChI=1S/C17H30N2O/c1-14-11-15(13-19-9-7-5-6-8-10-19)20-16(14)12-18-17(2,3)4/h11,18H,5-10,12-13H2,1-4H3. The molecule has 1 saturated heterocycles. The van der Waals surface area contributed by atoms with Gasteiger partial charge < -0.3 is 9.73 Å². The lowest BCUT2D eigenvalue weighted by Gasteiger charge is -2.20. The van der Waals surface area contributed by atoms with Gasteiger partial charge in [0.2, 0.25) is 0 Å². The van der Waals surface area contributed by atoms with E-state index in [0.717, 1.165) is 24.6 Å². The highest BCUT2D eigenvalue weighted by Crippen LogP contribution is 2.19. The largest absolute Gasteiger partial charge is 0.463 e. The smallest absolute Gasteiger partial charge is 0.120 e. The van der Waals surface area contributed by atoms with Crippen molar-refractivity contribution in [1.82, 2.24) is 10.2 Å². The molecule has 0 spiro atoms. The maximum atomic E-state index is 6.05. The fourth-order valence-corrected chi connectivity index (χ4v) is 2.70. The molecule has 0 aromatic carbocycles. The molecule has 114 valence electrons. The number of furan rings is 1. The van der Waals surface area contributed by atoms with Crippen LogP contribution in [0.5, 0.6) is 0 Å². The van der Waals surface area contributed by atoms with Gasteiger partial charge in [0.1, 0.15) is 11.5 Å². The number of nitrogens with zero attached hydrogens (tertiary/aromatic N) is 1. The van der Waals surface area contributed by atoms with Crippen molar-refractivity contribution in [3.8, 4) is 0 Å². The summed E-state index contributed by atoms with van der Waals surface area (Å²) in [6, 6.07) is 2.21. The molecule has 1 N–H and O–H groups in total. The molecular weight excluding hydrogens is 248 g/mol. The Balaban J connectivity index is 1.92. The van der Waals surface area contributed by atoms with Gasteiger partial charge in [0.05, 0.1) is 13.1 Å². The minimum atomic E-state index is 0.129. The molecule has 3 nitrogen and oxygen atoms in total. The van der Waals surface area contributed by atoms with E-state index in [1.54, 1.807) is 0 Å². The summed E-state index contributed by atoms with van der Waals surface area (Å²) in [4.78, 5) is 2.53. The van der Waals surface area contributed by atoms with E-state index in [9.17, 15) is 0 Å². The molecule has 0 saturated carbocycles. The van der Waals surface area contributed by atoms with Gasteiger partial charge in [0, 0.05) is 5.54 Å². The fraction of sp³-hybridized carbons (Fsp3) is 0.765. The van der Waals surface area contributed by atoms with Crippen LogP contribution in [-0.4, -0.2) is 23.5 Å². The van der Waals surface area contributed by atoms with Crippen molar-refractivity contribution in [2.45, 2.75) is 72.0 Å². The van der Waals surface area contributed by atoms with Crippen LogP contribution >= 0.6 is 0 Å². The summed E-state index contributed by atoms with van der Waals surface area (Å²) in [7, 11) is 0. The molecule has 3 heteroatoms. The summed E-state index contributed by atoms with van der Waals surface area (Å²) in [6.07, 6.45) is 5.43. The summed E-state index contributed by atoms with van der Waals surface area (Å²) in [6.45, 7) is 12.9. The number of rotatable bonds is 4. The van der Waals surface area contributed by atoms with Gasteiger partial charge in [-0.15, -0.1) is 0 Å². The van der Waals surface area contributed by atoms with Crippen molar-refractivity contribution in [2.75, 3.05) is 13.1 Å². The first-order valence-electron chi connectivity index (χ1n) is 7.99. The number of likely N-dealkylation sites (tertiary alicyclic amines) is 1. The Bertz CT molecular complexity index is 409. The molecule has 1 aliphatic heterocycles. The highest BCUT2D eigenvalue weighted by molar-refractivity contribution is 5.20. The zero-order chi connectivity index (χ0) is 14.6. The van der Waals surface area contributed by atoms with Crippen LogP contribution in [0.2, 0.25) is 0 Å². The van der Waals surface area contributed by atoms with Crippen LogP contribution in [0.3, 0.4) is 0 Å². The van der Waals surface area contributed by atoms with Gasteiger partial charge in [-0.3, -0.25) is 4.90 Å². The summed E-state index contributed by atoms with van der Waals surface area (Å²) in [5, 5.41) is 3.50. The average molecular weight is 278 g/mol. The Labute approximate surface area is 123 Å². The quantitative estimate of drug-likeness (QED) is 0.906. The molecule has 0 amide bonds. The van der Waals surface area contributed by atoms with E-state index in [1.165, 1.54) is 44.3 Å². The van der Waals surface area contributed by atoms with Gasteiger partial charge in [0.15, 0.2) is 0 Å². The van der Waals surface area contributed by atoms with Crippen LogP contribution in [0.1, 0.15) is 63.5 Å². The first kappa shape index (κ1) is 15.6. The number of hydrogen-bond acceptors (Lipinski definition) is 3. The molecule has 1 fully saturated rings. The van der Waals surface area contributed by atoms with Crippen molar-refractivity contribution >= 4 is 0 Å². The Morgan fingerprint density at radius 2 is 1.80 bits per heavy atom. The van der Waals surface area contributed by atoms with E-state index >= 15 is 0 Å². The van der Waals surface area contributed by atoms with Gasteiger partial charge in [-0.2, -0.15) is 0 Å². The average Bonchev–Trinajstić information content (AvgIpc) is 2.55. The molecule has 2 heterocycles. The van der Waals surface area contributed by atoms with E-state index < -0.39 is 0 Å². The third-order valence-electron chi connectivity index (χ3n) is 3.93. The lowest BCUT2D eigenvalue weighted by atomic mass is 10.1. The van der Waals surface area contributed by atoms with Crippen LogP contribution in [0.15, 0.2) is 10.5 Å². The van der Waals surface area contributed by atoms with Crippen molar-refractivity contribution < 1.29 is 4.42 Å². The Kier molecular flexibility index (Phi) is 5.28. The Hall–Kier alpha value is -0.800. The van der Waals surface area contributed by atoms with Gasteiger partial charge in [0.25, 0.3) is 0 Å². The van der Waals surface area contributed by atoms with Crippen molar-refractivity contribution in [3.63, 3.8) is 0 Å². The topological polar surface area (TPSA) is 28.4 Å². The van der Waals surface area contributed by atoms with Crippen LogP contribution < -0.4 is 5.32 Å². The molecule has 1 aromatic rings. The lowest BCUT2D eigenvalue weighted by Crippen LogP contribution is -2.35. The first-order valence-corrected chi connectivity index (χ1v) is 7.99.